The van der Waals surface area contributed by atoms with Crippen molar-refractivity contribution in [3.8, 4) is 5.75 Å². The number of fused-ring (bicyclic) bond motifs is 1. The van der Waals surface area contributed by atoms with Crippen molar-refractivity contribution in [2.24, 2.45) is 0 Å². The van der Waals surface area contributed by atoms with Crippen molar-refractivity contribution in [3.63, 3.8) is 0 Å². The van der Waals surface area contributed by atoms with Gasteiger partial charge in [-0.15, -0.1) is 5.10 Å². The van der Waals surface area contributed by atoms with Gasteiger partial charge in [0.1, 0.15) is 11.3 Å². The van der Waals surface area contributed by atoms with Gasteiger partial charge in [-0.3, -0.25) is 9.59 Å². The van der Waals surface area contributed by atoms with Crippen LogP contribution in [0.3, 0.4) is 0 Å². The van der Waals surface area contributed by atoms with Crippen molar-refractivity contribution < 1.29 is 9.53 Å². The summed E-state index contributed by atoms with van der Waals surface area (Å²) in [6.45, 7) is 1.50. The van der Waals surface area contributed by atoms with Crippen LogP contribution in [-0.2, 0) is 11.3 Å². The SMILES string of the molecule is COc1ccc([C@@H](Cn2nnc3c(Cl)cc(Cl)cc3c2=O)NC(C)=O)cc1. The van der Waals surface area contributed by atoms with Crippen molar-refractivity contribution >= 4 is 40.0 Å². The molecular formula is C18H16Cl2N4O3. The third kappa shape index (κ3) is 4.20. The predicted octanol–water partition coefficient (Wildman–Crippen LogP) is 2.98. The predicted molar refractivity (Wildman–Crippen MR) is 103 cm³/mol. The summed E-state index contributed by atoms with van der Waals surface area (Å²) in [6.07, 6.45) is 0. The van der Waals surface area contributed by atoms with Gasteiger partial charge in [-0.05, 0) is 29.8 Å². The van der Waals surface area contributed by atoms with Crippen molar-refractivity contribution in [3.05, 3.63) is 62.4 Å². The van der Waals surface area contributed by atoms with Gasteiger partial charge in [0.05, 0.1) is 30.1 Å². The quantitative estimate of drug-likeness (QED) is 0.703. The minimum atomic E-state index is -0.479. The number of rotatable bonds is 5. The van der Waals surface area contributed by atoms with Gasteiger partial charge in [0.2, 0.25) is 5.91 Å². The Hall–Kier alpha value is -2.64. The topological polar surface area (TPSA) is 86.1 Å². The van der Waals surface area contributed by atoms with Gasteiger partial charge in [0.25, 0.3) is 5.56 Å². The van der Waals surface area contributed by atoms with E-state index >= 15 is 0 Å². The second kappa shape index (κ2) is 7.94. The zero-order chi connectivity index (χ0) is 19.6. The molecule has 0 unspecified atom stereocenters. The number of nitrogens with zero attached hydrogens (tertiary/aromatic N) is 3. The molecule has 0 saturated carbocycles. The van der Waals surface area contributed by atoms with E-state index in [0.717, 1.165) is 5.56 Å². The Labute approximate surface area is 164 Å². The molecule has 0 spiro atoms. The van der Waals surface area contributed by atoms with E-state index < -0.39 is 11.6 Å². The molecule has 1 amide bonds. The number of carbonyl (C=O) groups excluding carboxylic acids is 1. The lowest BCUT2D eigenvalue weighted by molar-refractivity contribution is -0.119. The van der Waals surface area contributed by atoms with Crippen molar-refractivity contribution in [2.75, 3.05) is 7.11 Å². The fourth-order valence-corrected chi connectivity index (χ4v) is 3.25. The molecule has 140 valence electrons. The van der Waals surface area contributed by atoms with Crippen LogP contribution in [0.1, 0.15) is 18.5 Å². The first-order valence-electron chi connectivity index (χ1n) is 8.02. The van der Waals surface area contributed by atoms with Crippen molar-refractivity contribution in [1.82, 2.24) is 20.3 Å². The number of carbonyl (C=O) groups is 1. The molecule has 3 aromatic rings. The molecule has 1 aromatic heterocycles. The summed E-state index contributed by atoms with van der Waals surface area (Å²) in [5.74, 6) is 0.455. The van der Waals surface area contributed by atoms with Gasteiger partial charge in [0, 0.05) is 11.9 Å². The van der Waals surface area contributed by atoms with Gasteiger partial charge in [-0.25, -0.2) is 4.68 Å². The largest absolute Gasteiger partial charge is 0.497 e. The maximum absolute atomic E-state index is 12.8. The Morgan fingerprint density at radius 3 is 2.59 bits per heavy atom. The average Bonchev–Trinajstić information content (AvgIpc) is 2.63. The molecule has 1 atom stereocenters. The minimum Gasteiger partial charge on any atom is -0.497 e. The normalized spacial score (nSPS) is 12.0. The number of benzene rings is 2. The first-order chi connectivity index (χ1) is 12.9. The Morgan fingerprint density at radius 1 is 1.26 bits per heavy atom. The number of amides is 1. The second-order valence-corrected chi connectivity index (χ2v) is 6.73. The number of ether oxygens (including phenoxy) is 1. The highest BCUT2D eigenvalue weighted by atomic mass is 35.5. The number of hydrogen-bond acceptors (Lipinski definition) is 5. The number of nitrogens with one attached hydrogen (secondary N) is 1. The molecule has 0 aliphatic heterocycles. The van der Waals surface area contributed by atoms with E-state index in [2.05, 4.69) is 15.6 Å². The molecule has 0 bridgehead atoms. The van der Waals surface area contributed by atoms with E-state index in [1.807, 2.05) is 12.1 Å². The molecule has 7 nitrogen and oxygen atoms in total. The van der Waals surface area contributed by atoms with Crippen molar-refractivity contribution in [2.45, 2.75) is 19.5 Å². The minimum absolute atomic E-state index is 0.0951. The molecule has 0 aliphatic carbocycles. The van der Waals surface area contributed by atoms with Crippen LogP contribution in [0.5, 0.6) is 5.75 Å². The van der Waals surface area contributed by atoms with Crippen LogP contribution in [0, 0.1) is 0 Å². The van der Waals surface area contributed by atoms with Crippen LogP contribution in [0.25, 0.3) is 10.9 Å². The number of methoxy groups -OCH3 is 1. The molecule has 0 saturated heterocycles. The molecule has 1 heterocycles. The number of aromatic nitrogens is 3. The molecule has 0 aliphatic rings. The van der Waals surface area contributed by atoms with Gasteiger partial charge >= 0.3 is 0 Å². The summed E-state index contributed by atoms with van der Waals surface area (Å²) in [5.41, 5.74) is 0.681. The Morgan fingerprint density at radius 2 is 1.96 bits per heavy atom. The summed E-state index contributed by atoms with van der Waals surface area (Å²) in [4.78, 5) is 24.4. The summed E-state index contributed by atoms with van der Waals surface area (Å²) >= 11 is 12.1. The molecule has 0 radical (unpaired) electrons. The Bertz CT molecular complexity index is 1050. The molecule has 3 rings (SSSR count). The van der Waals surface area contributed by atoms with Gasteiger partial charge in [0.15, 0.2) is 0 Å². The van der Waals surface area contributed by atoms with Crippen LogP contribution < -0.4 is 15.6 Å². The van der Waals surface area contributed by atoms with E-state index in [-0.39, 0.29) is 28.4 Å². The Balaban J connectivity index is 2.01. The van der Waals surface area contributed by atoms with Crippen LogP contribution in [0.4, 0.5) is 0 Å². The lowest BCUT2D eigenvalue weighted by Gasteiger charge is -2.19. The lowest BCUT2D eigenvalue weighted by Crippen LogP contribution is -2.34. The van der Waals surface area contributed by atoms with Gasteiger partial charge in [-0.2, -0.15) is 0 Å². The number of halogens is 2. The monoisotopic (exact) mass is 406 g/mol. The molecule has 27 heavy (non-hydrogen) atoms. The molecule has 1 N–H and O–H groups in total. The lowest BCUT2D eigenvalue weighted by atomic mass is 10.1. The van der Waals surface area contributed by atoms with E-state index in [0.29, 0.717) is 10.8 Å². The van der Waals surface area contributed by atoms with E-state index in [1.165, 1.54) is 23.7 Å². The fourth-order valence-electron chi connectivity index (χ4n) is 2.72. The summed E-state index contributed by atoms with van der Waals surface area (Å²) < 4.78 is 6.33. The Kier molecular flexibility index (Phi) is 5.62. The van der Waals surface area contributed by atoms with Crippen LogP contribution in [0.15, 0.2) is 41.2 Å². The maximum atomic E-state index is 12.8. The zero-order valence-corrected chi connectivity index (χ0v) is 16.1. The summed E-state index contributed by atoms with van der Waals surface area (Å²) in [6, 6.07) is 9.70. The van der Waals surface area contributed by atoms with Gasteiger partial charge < -0.3 is 10.1 Å². The molecule has 0 fully saturated rings. The first-order valence-corrected chi connectivity index (χ1v) is 8.78. The highest BCUT2D eigenvalue weighted by Crippen LogP contribution is 2.24. The van der Waals surface area contributed by atoms with E-state index in [1.54, 1.807) is 19.2 Å². The molecule has 9 heteroatoms. The third-order valence-electron chi connectivity index (χ3n) is 4.00. The highest BCUT2D eigenvalue weighted by Gasteiger charge is 2.17. The van der Waals surface area contributed by atoms with E-state index in [4.69, 9.17) is 27.9 Å². The van der Waals surface area contributed by atoms with Gasteiger partial charge in [-0.1, -0.05) is 40.5 Å². The number of hydrogen-bond donors (Lipinski definition) is 1. The van der Waals surface area contributed by atoms with Crippen LogP contribution in [0.2, 0.25) is 10.0 Å². The van der Waals surface area contributed by atoms with Crippen LogP contribution >= 0.6 is 23.2 Å². The fraction of sp³-hybridized carbons (Fsp3) is 0.222. The maximum Gasteiger partial charge on any atom is 0.277 e. The second-order valence-electron chi connectivity index (χ2n) is 5.89. The first kappa shape index (κ1) is 19.1. The molecule has 2 aromatic carbocycles. The average molecular weight is 407 g/mol. The highest BCUT2D eigenvalue weighted by molar-refractivity contribution is 6.38. The summed E-state index contributed by atoms with van der Waals surface area (Å²) in [5, 5.41) is 11.6. The van der Waals surface area contributed by atoms with E-state index in [9.17, 15) is 9.59 Å². The van der Waals surface area contributed by atoms with Crippen molar-refractivity contribution in [1.29, 1.82) is 0 Å². The standard InChI is InChI=1S/C18H16Cl2N4O3/c1-10(25)21-16(11-3-5-13(27-2)6-4-11)9-24-18(26)14-7-12(19)8-15(20)17(14)22-23-24/h3-8,16H,9H2,1-2H3,(H,21,25)/t16-/m1/s1. The van der Waals surface area contributed by atoms with Crippen LogP contribution in [-0.4, -0.2) is 28.0 Å². The smallest absolute Gasteiger partial charge is 0.277 e. The molecular weight excluding hydrogens is 391 g/mol. The zero-order valence-electron chi connectivity index (χ0n) is 14.6. The third-order valence-corrected chi connectivity index (χ3v) is 4.50. The summed E-state index contributed by atoms with van der Waals surface area (Å²) in [7, 11) is 1.57.